The third-order valence-electron chi connectivity index (χ3n) is 6.44. The van der Waals surface area contributed by atoms with Gasteiger partial charge in [-0.15, -0.1) is 0 Å². The second kappa shape index (κ2) is 9.30. The number of nitrogens with zero attached hydrogens (tertiary/aromatic N) is 7. The van der Waals surface area contributed by atoms with E-state index in [-0.39, 0.29) is 25.0 Å². The molecule has 1 aliphatic heterocycles. The second-order valence-corrected chi connectivity index (χ2v) is 9.34. The summed E-state index contributed by atoms with van der Waals surface area (Å²) in [6.45, 7) is 8.85. The number of allylic oxidation sites excluding steroid dienone is 1. The highest BCUT2D eigenvalue weighted by atomic mass is 19.3. The summed E-state index contributed by atoms with van der Waals surface area (Å²) in [7, 11) is 0. The summed E-state index contributed by atoms with van der Waals surface area (Å²) in [5.41, 5.74) is 3.28. The maximum atomic E-state index is 12.9. The van der Waals surface area contributed by atoms with Crippen LogP contribution >= 0.6 is 0 Å². The van der Waals surface area contributed by atoms with Gasteiger partial charge in [0.15, 0.2) is 5.65 Å². The average molecular weight is 480 g/mol. The third kappa shape index (κ3) is 4.86. The van der Waals surface area contributed by atoms with Crippen molar-refractivity contribution in [3.05, 3.63) is 47.6 Å². The van der Waals surface area contributed by atoms with E-state index in [2.05, 4.69) is 22.7 Å². The lowest BCUT2D eigenvalue weighted by Crippen LogP contribution is -2.43. The van der Waals surface area contributed by atoms with Gasteiger partial charge in [-0.3, -0.25) is 4.68 Å². The van der Waals surface area contributed by atoms with Crippen LogP contribution in [0.1, 0.15) is 67.3 Å². The first kappa shape index (κ1) is 23.3. The highest BCUT2D eigenvalue weighted by Gasteiger charge is 2.31. The molecular weight excluding hydrogens is 452 g/mol. The SMILES string of the molecule is C=C(CCC(F)F)c1nc(N2CC(C)OC(c3cnn(C4CC4)c3)C2)nc2nc(C)c(C#N)cc12. The number of ether oxygens (including phenoxy) is 1. The Morgan fingerprint density at radius 1 is 1.29 bits per heavy atom. The van der Waals surface area contributed by atoms with Crippen LogP contribution in [-0.2, 0) is 4.74 Å². The Morgan fingerprint density at radius 3 is 2.80 bits per heavy atom. The van der Waals surface area contributed by atoms with Crippen molar-refractivity contribution in [3.63, 3.8) is 0 Å². The summed E-state index contributed by atoms with van der Waals surface area (Å²) in [6.07, 6.45) is 3.25. The predicted molar refractivity (Wildman–Crippen MR) is 127 cm³/mol. The first-order chi connectivity index (χ1) is 16.8. The molecule has 3 aromatic heterocycles. The van der Waals surface area contributed by atoms with Crippen molar-refractivity contribution >= 4 is 22.6 Å². The number of halogens is 2. The van der Waals surface area contributed by atoms with E-state index < -0.39 is 6.43 Å². The molecule has 2 atom stereocenters. The summed E-state index contributed by atoms with van der Waals surface area (Å²) >= 11 is 0. The zero-order valence-corrected chi connectivity index (χ0v) is 19.8. The van der Waals surface area contributed by atoms with Gasteiger partial charge in [0.1, 0.15) is 12.2 Å². The fraction of sp³-hybridized carbons (Fsp3) is 0.480. The maximum absolute atomic E-state index is 12.9. The highest BCUT2D eigenvalue weighted by Crippen LogP contribution is 2.36. The van der Waals surface area contributed by atoms with Gasteiger partial charge in [0, 0.05) is 30.1 Å². The molecule has 8 nitrogen and oxygen atoms in total. The molecule has 0 aromatic carbocycles. The van der Waals surface area contributed by atoms with Gasteiger partial charge in [-0.05, 0) is 44.7 Å². The number of rotatable bonds is 7. The summed E-state index contributed by atoms with van der Waals surface area (Å²) in [5, 5.41) is 14.5. The Bertz CT molecular complexity index is 1310. The zero-order valence-electron chi connectivity index (χ0n) is 19.8. The monoisotopic (exact) mass is 479 g/mol. The molecule has 2 aliphatic rings. The van der Waals surface area contributed by atoms with E-state index in [9.17, 15) is 14.0 Å². The fourth-order valence-corrected chi connectivity index (χ4v) is 4.41. The van der Waals surface area contributed by atoms with Crippen molar-refractivity contribution in [2.75, 3.05) is 18.0 Å². The van der Waals surface area contributed by atoms with E-state index in [4.69, 9.17) is 14.7 Å². The molecule has 4 heterocycles. The molecule has 2 unspecified atom stereocenters. The van der Waals surface area contributed by atoms with Crippen molar-refractivity contribution in [3.8, 4) is 6.07 Å². The van der Waals surface area contributed by atoms with Crippen molar-refractivity contribution < 1.29 is 13.5 Å². The van der Waals surface area contributed by atoms with E-state index in [1.165, 1.54) is 0 Å². The maximum Gasteiger partial charge on any atom is 0.239 e. The topological polar surface area (TPSA) is 92.8 Å². The van der Waals surface area contributed by atoms with Crippen molar-refractivity contribution in [2.24, 2.45) is 0 Å². The van der Waals surface area contributed by atoms with Crippen LogP contribution in [0, 0.1) is 18.3 Å². The van der Waals surface area contributed by atoms with Crippen LogP contribution in [0.2, 0.25) is 0 Å². The average Bonchev–Trinajstić information content (AvgIpc) is 3.57. The summed E-state index contributed by atoms with van der Waals surface area (Å²) in [5.74, 6) is 0.442. The van der Waals surface area contributed by atoms with Crippen LogP contribution in [0.3, 0.4) is 0 Å². The molecule has 0 amide bonds. The lowest BCUT2D eigenvalue weighted by Gasteiger charge is -2.36. The number of fused-ring (bicyclic) bond motifs is 1. The first-order valence-corrected chi connectivity index (χ1v) is 11.8. The molecule has 0 radical (unpaired) electrons. The van der Waals surface area contributed by atoms with Crippen molar-refractivity contribution in [2.45, 2.75) is 64.2 Å². The highest BCUT2D eigenvalue weighted by molar-refractivity contribution is 5.89. The predicted octanol–water partition coefficient (Wildman–Crippen LogP) is 4.76. The van der Waals surface area contributed by atoms with E-state index in [0.717, 1.165) is 18.4 Å². The molecule has 0 spiro atoms. The molecule has 1 aliphatic carbocycles. The Morgan fingerprint density at radius 2 is 2.09 bits per heavy atom. The lowest BCUT2D eigenvalue weighted by molar-refractivity contribution is -0.0178. The smallest absolute Gasteiger partial charge is 0.239 e. The Labute approximate surface area is 202 Å². The van der Waals surface area contributed by atoms with Crippen LogP contribution in [-0.4, -0.2) is 50.4 Å². The molecule has 2 fully saturated rings. The summed E-state index contributed by atoms with van der Waals surface area (Å²) in [4.78, 5) is 16.0. The van der Waals surface area contributed by atoms with E-state index >= 15 is 0 Å². The van der Waals surface area contributed by atoms with Gasteiger partial charge in [0.25, 0.3) is 0 Å². The third-order valence-corrected chi connectivity index (χ3v) is 6.44. The van der Waals surface area contributed by atoms with Gasteiger partial charge in [0.2, 0.25) is 12.4 Å². The number of morpholine rings is 1. The zero-order chi connectivity index (χ0) is 24.7. The van der Waals surface area contributed by atoms with Crippen LogP contribution in [0.5, 0.6) is 0 Å². The van der Waals surface area contributed by atoms with Gasteiger partial charge < -0.3 is 9.64 Å². The van der Waals surface area contributed by atoms with E-state index in [1.54, 1.807) is 13.0 Å². The Hall–Kier alpha value is -3.45. The van der Waals surface area contributed by atoms with Gasteiger partial charge in [-0.2, -0.15) is 15.3 Å². The van der Waals surface area contributed by atoms with Crippen molar-refractivity contribution in [1.82, 2.24) is 24.7 Å². The number of alkyl halides is 2. The van der Waals surface area contributed by atoms with E-state index in [0.29, 0.717) is 58.6 Å². The molecule has 10 heteroatoms. The molecule has 3 aromatic rings. The number of hydrogen-bond acceptors (Lipinski definition) is 7. The number of aryl methyl sites for hydroxylation is 1. The number of aromatic nitrogens is 5. The Balaban J connectivity index is 1.51. The minimum absolute atomic E-state index is 0.0848. The largest absolute Gasteiger partial charge is 0.367 e. The first-order valence-electron chi connectivity index (χ1n) is 11.8. The van der Waals surface area contributed by atoms with Gasteiger partial charge >= 0.3 is 0 Å². The quantitative estimate of drug-likeness (QED) is 0.482. The number of pyridine rings is 1. The molecule has 5 rings (SSSR count). The molecule has 0 N–H and O–H groups in total. The molecule has 35 heavy (non-hydrogen) atoms. The van der Waals surface area contributed by atoms with Crippen LogP contribution in [0.4, 0.5) is 14.7 Å². The molecule has 1 saturated heterocycles. The van der Waals surface area contributed by atoms with Gasteiger partial charge in [0.05, 0.1) is 41.8 Å². The summed E-state index contributed by atoms with van der Waals surface area (Å²) in [6, 6.07) is 4.28. The number of hydrogen-bond donors (Lipinski definition) is 0. The van der Waals surface area contributed by atoms with Gasteiger partial charge in [-0.1, -0.05) is 6.58 Å². The van der Waals surface area contributed by atoms with Crippen LogP contribution in [0.25, 0.3) is 16.6 Å². The second-order valence-electron chi connectivity index (χ2n) is 9.34. The molecule has 1 saturated carbocycles. The number of nitriles is 1. The molecular formula is C25H27F2N7O. The normalized spacial score (nSPS) is 20.4. The summed E-state index contributed by atoms with van der Waals surface area (Å²) < 4.78 is 34.0. The Kier molecular flexibility index (Phi) is 6.19. The lowest BCUT2D eigenvalue weighted by atomic mass is 10.0. The molecule has 182 valence electrons. The van der Waals surface area contributed by atoms with Crippen LogP contribution in [0.15, 0.2) is 25.0 Å². The standard InChI is InChI=1S/C25H27F2N7O/c1-14(4-7-22(26)27)23-20-8-17(9-28)16(3)30-24(20)32-25(31-23)33-11-15(2)35-21(13-33)18-10-29-34(12-18)19-5-6-19/h8,10,12,15,19,21-22H,1,4-7,11,13H2,2-3H3. The van der Waals surface area contributed by atoms with Gasteiger partial charge in [-0.25, -0.2) is 18.7 Å². The minimum Gasteiger partial charge on any atom is -0.367 e. The minimum atomic E-state index is -2.44. The van der Waals surface area contributed by atoms with Crippen molar-refractivity contribution in [1.29, 1.82) is 5.26 Å². The van der Waals surface area contributed by atoms with E-state index in [1.807, 2.05) is 28.9 Å². The molecule has 0 bridgehead atoms. The van der Waals surface area contributed by atoms with Crippen LogP contribution < -0.4 is 4.90 Å². The fourth-order valence-electron chi connectivity index (χ4n) is 4.41. The number of anilines is 1.